The molecule has 0 aliphatic carbocycles. The molecule has 3 amide bonds. The van der Waals surface area contributed by atoms with E-state index in [2.05, 4.69) is 10.3 Å². The van der Waals surface area contributed by atoms with Crippen LogP contribution in [0.4, 0.5) is 52.1 Å². The fraction of sp³-hybridized carbons (Fsp3) is 0.447. The summed E-state index contributed by atoms with van der Waals surface area (Å²) in [5.74, 6) is -4.00. The molecule has 4 aromatic rings. The quantitative estimate of drug-likeness (QED) is 0.0294. The van der Waals surface area contributed by atoms with Crippen LogP contribution in [0.2, 0.25) is 25.7 Å². The van der Waals surface area contributed by atoms with E-state index < -0.39 is 124 Å². The number of halogens is 6. The average Bonchev–Trinajstić information content (AvgIpc) is 3.23. The number of hydrazine groups is 1. The normalized spacial score (nSPS) is 12.7. The Hall–Kier alpha value is -6.63. The highest BCUT2D eigenvalue weighted by atomic mass is 32.2. The smallest absolute Gasteiger partial charge is 0.487 e. The predicted molar refractivity (Wildman–Crippen MR) is 255 cm³/mol. The zero-order valence-electron chi connectivity index (χ0n) is 41.2. The number of fused-ring (bicyclic) bond motifs is 1. The Balaban J connectivity index is 1.81. The Kier molecular flexibility index (Phi) is 18.4. The number of nitrogens with one attached hydrogen (secondary N) is 1. The van der Waals surface area contributed by atoms with E-state index in [9.17, 15) is 59.4 Å². The third kappa shape index (κ3) is 15.7. The van der Waals surface area contributed by atoms with Crippen molar-refractivity contribution in [1.29, 1.82) is 0 Å². The van der Waals surface area contributed by atoms with Crippen LogP contribution in [0.5, 0.6) is 5.75 Å². The van der Waals surface area contributed by atoms with Gasteiger partial charge in [-0.2, -0.15) is 13.2 Å². The van der Waals surface area contributed by atoms with E-state index >= 15 is 4.39 Å². The predicted octanol–water partition coefficient (Wildman–Crippen LogP) is 10.6. The monoisotopic (exact) mass is 1060 g/mol. The van der Waals surface area contributed by atoms with Crippen molar-refractivity contribution in [2.24, 2.45) is 0 Å². The second kappa shape index (κ2) is 22.8. The lowest BCUT2D eigenvalue weighted by Gasteiger charge is -2.39. The molecule has 17 nitrogen and oxygen atoms in total. The molecule has 0 saturated carbocycles. The molecule has 394 valence electrons. The van der Waals surface area contributed by atoms with Crippen LogP contribution in [0.3, 0.4) is 0 Å². The van der Waals surface area contributed by atoms with Gasteiger partial charge in [-0.3, -0.25) is 14.8 Å². The Labute approximate surface area is 413 Å². The van der Waals surface area contributed by atoms with Crippen molar-refractivity contribution in [3.05, 3.63) is 89.5 Å². The summed E-state index contributed by atoms with van der Waals surface area (Å²) in [6.45, 7) is 12.6. The zero-order chi connectivity index (χ0) is 54.3. The Morgan fingerprint density at radius 2 is 1.47 bits per heavy atom. The van der Waals surface area contributed by atoms with Gasteiger partial charge in [-0.15, -0.1) is 5.01 Å². The standard InChI is InChI=1S/C47H57F6N5O12SSi/c1-45(2,3)69-43(63)58(44(64)70-46(4,5)6)57(32-14-11-29-24-54-25-35(48)33(29)23-32)40(41(60)61)28-12-15-37(68-27-39(49)50)34(22-28)36(59)17-18-55-31-13-16-38(71(65,66)47(51,52)53)30(21-31)26-56(7)42(62)67-19-20-72(8,9)10/h11-16,21-25,39-40,55H,17-20,26-27H2,1-10H3,(H,60,61). The first kappa shape index (κ1) is 57.9. The van der Waals surface area contributed by atoms with Gasteiger partial charge in [0, 0.05) is 50.7 Å². The number of imide groups is 1. The fourth-order valence-electron chi connectivity index (χ4n) is 6.63. The molecule has 3 aromatic carbocycles. The zero-order valence-corrected chi connectivity index (χ0v) is 43.0. The second-order valence-corrected chi connectivity index (χ2v) is 27.0. The highest BCUT2D eigenvalue weighted by Gasteiger charge is 2.48. The third-order valence-electron chi connectivity index (χ3n) is 9.90. The summed E-state index contributed by atoms with van der Waals surface area (Å²) in [5.41, 5.74) is -9.97. The summed E-state index contributed by atoms with van der Waals surface area (Å²) in [6, 6.07) is 7.76. The summed E-state index contributed by atoms with van der Waals surface area (Å²) >= 11 is 0. The number of aromatic nitrogens is 1. The van der Waals surface area contributed by atoms with Crippen molar-refractivity contribution in [3.8, 4) is 5.75 Å². The highest BCUT2D eigenvalue weighted by molar-refractivity contribution is 7.92. The molecule has 1 aromatic heterocycles. The summed E-state index contributed by atoms with van der Waals surface area (Å²) in [6.07, 6.45) is -5.28. The van der Waals surface area contributed by atoms with Gasteiger partial charge in [0.2, 0.25) is 0 Å². The van der Waals surface area contributed by atoms with Crippen LogP contribution in [-0.4, -0.2) is 116 Å². The topological polar surface area (TPSA) is 211 Å². The Bertz CT molecular complexity index is 2740. The van der Waals surface area contributed by atoms with E-state index in [0.29, 0.717) is 17.1 Å². The van der Waals surface area contributed by atoms with Gasteiger partial charge >= 0.3 is 29.8 Å². The number of nitrogens with zero attached hydrogens (tertiary/aromatic N) is 4. The van der Waals surface area contributed by atoms with Crippen molar-refractivity contribution in [2.75, 3.05) is 37.1 Å². The number of hydrogen-bond donors (Lipinski definition) is 2. The minimum atomic E-state index is -5.94. The molecule has 4 rings (SSSR count). The first-order chi connectivity index (χ1) is 33.1. The first-order valence-electron chi connectivity index (χ1n) is 22.1. The van der Waals surface area contributed by atoms with Crippen molar-refractivity contribution in [1.82, 2.24) is 14.9 Å². The minimum Gasteiger partial charge on any atom is -0.487 e. The van der Waals surface area contributed by atoms with Gasteiger partial charge in [0.1, 0.15) is 29.4 Å². The summed E-state index contributed by atoms with van der Waals surface area (Å²) < 4.78 is 131. The minimum absolute atomic E-state index is 0.0177. The van der Waals surface area contributed by atoms with Crippen molar-refractivity contribution in [2.45, 2.75) is 114 Å². The van der Waals surface area contributed by atoms with E-state index in [1.54, 1.807) is 0 Å². The number of carbonyl (C=O) groups excluding carboxylic acids is 4. The second-order valence-electron chi connectivity index (χ2n) is 19.5. The van der Waals surface area contributed by atoms with Crippen LogP contribution in [0, 0.1) is 5.82 Å². The number of alkyl halides is 5. The van der Waals surface area contributed by atoms with Crippen LogP contribution in [-0.2, 0) is 35.4 Å². The number of aliphatic carboxylic acids is 1. The molecule has 1 atom stereocenters. The van der Waals surface area contributed by atoms with Crippen LogP contribution in [0.1, 0.15) is 75.5 Å². The molecule has 1 heterocycles. The molecule has 2 N–H and O–H groups in total. The molecule has 25 heteroatoms. The highest BCUT2D eigenvalue weighted by Crippen LogP contribution is 2.37. The number of benzene rings is 3. The number of sulfone groups is 1. The van der Waals surface area contributed by atoms with E-state index in [-0.39, 0.29) is 45.9 Å². The number of amides is 3. The summed E-state index contributed by atoms with van der Waals surface area (Å²) in [5, 5.41) is 14.8. The van der Waals surface area contributed by atoms with Gasteiger partial charge in [0.05, 0.1) is 35.5 Å². The molecule has 72 heavy (non-hydrogen) atoms. The lowest BCUT2D eigenvalue weighted by atomic mass is 9.98. The Morgan fingerprint density at radius 3 is 2.03 bits per heavy atom. The van der Waals surface area contributed by atoms with Crippen molar-refractivity contribution < 1.29 is 82.8 Å². The van der Waals surface area contributed by atoms with E-state index in [1.807, 2.05) is 19.6 Å². The molecule has 0 aliphatic heterocycles. The molecule has 0 bridgehead atoms. The van der Waals surface area contributed by atoms with Gasteiger partial charge in [-0.25, -0.2) is 40.8 Å². The number of hydrogen-bond acceptors (Lipinski definition) is 14. The number of pyridine rings is 1. The maximum atomic E-state index is 15.3. The number of carboxylic acids is 1. The van der Waals surface area contributed by atoms with Crippen LogP contribution < -0.4 is 15.1 Å². The number of carbonyl (C=O) groups is 5. The molecular weight excluding hydrogens is 1000 g/mol. The number of Topliss-reactive ketones (excluding diaryl/α,β-unsaturated/α-hetero) is 1. The van der Waals surface area contributed by atoms with Crippen molar-refractivity contribution >= 4 is 70.1 Å². The number of rotatable bonds is 19. The number of anilines is 2. The first-order valence-corrected chi connectivity index (χ1v) is 27.2. The maximum Gasteiger partial charge on any atom is 0.501 e. The third-order valence-corrected chi connectivity index (χ3v) is 13.2. The lowest BCUT2D eigenvalue weighted by Crippen LogP contribution is -2.56. The Morgan fingerprint density at radius 1 is 0.847 bits per heavy atom. The van der Waals surface area contributed by atoms with Gasteiger partial charge in [0.15, 0.2) is 11.8 Å². The molecule has 0 radical (unpaired) electrons. The number of carboxylic acid groups (broad SMARTS) is 1. The van der Waals surface area contributed by atoms with Crippen LogP contribution in [0.15, 0.2) is 71.9 Å². The maximum absolute atomic E-state index is 15.3. The lowest BCUT2D eigenvalue weighted by molar-refractivity contribution is -0.139. The fourth-order valence-corrected chi connectivity index (χ4v) is 8.31. The molecule has 0 aliphatic rings. The summed E-state index contributed by atoms with van der Waals surface area (Å²) in [4.78, 5) is 72.3. The number of ketones is 1. The van der Waals surface area contributed by atoms with Crippen LogP contribution >= 0.6 is 0 Å². The molecule has 0 fully saturated rings. The molecule has 1 unspecified atom stereocenters. The number of ether oxygens (including phenoxy) is 4. The summed E-state index contributed by atoms with van der Waals surface area (Å²) in [7, 11) is -6.40. The van der Waals surface area contributed by atoms with E-state index in [0.717, 1.165) is 47.5 Å². The van der Waals surface area contributed by atoms with E-state index in [4.69, 9.17) is 18.9 Å². The van der Waals surface area contributed by atoms with E-state index in [1.165, 1.54) is 66.9 Å². The SMILES string of the molecule is CN(Cc1cc(NCCC(=O)c2cc(C(C(=O)O)N(c3ccc4cncc(F)c4c3)N(C(=O)OC(C)(C)C)C(=O)OC(C)(C)C)ccc2OCC(F)F)ccc1S(=O)(=O)C(F)(F)F)C(=O)OCC[Si](C)(C)C. The molecule has 0 saturated heterocycles. The van der Waals surface area contributed by atoms with Gasteiger partial charge in [-0.1, -0.05) is 31.8 Å². The van der Waals surface area contributed by atoms with Gasteiger partial charge in [0.25, 0.3) is 16.3 Å². The largest absolute Gasteiger partial charge is 0.501 e. The van der Waals surface area contributed by atoms with Gasteiger partial charge in [-0.05, 0) is 101 Å². The molecule has 0 spiro atoms. The van der Waals surface area contributed by atoms with Gasteiger partial charge < -0.3 is 34.3 Å². The van der Waals surface area contributed by atoms with Crippen LogP contribution in [0.25, 0.3) is 10.8 Å². The average molecular weight is 1060 g/mol. The molecular formula is C47H57F6N5O12SSi. The van der Waals surface area contributed by atoms with Crippen molar-refractivity contribution in [3.63, 3.8) is 0 Å².